The molecular weight excluding hydrogens is 1520 g/mol. The molecule has 0 spiro atoms. The van der Waals surface area contributed by atoms with Crippen molar-refractivity contribution >= 4 is 209 Å². The molecule has 4 aromatic rings. The number of hydrogen-bond acceptors (Lipinski definition) is 8. The Morgan fingerprint density at radius 3 is 1.18 bits per heavy atom. The van der Waals surface area contributed by atoms with Gasteiger partial charge in [0.15, 0.2) is 0 Å². The van der Waals surface area contributed by atoms with Gasteiger partial charge in [-0.25, -0.2) is 14.4 Å². The molecule has 4 aromatic carbocycles. The summed E-state index contributed by atoms with van der Waals surface area (Å²) in [5.74, 6) is -2.45. The lowest BCUT2D eigenvalue weighted by atomic mass is 10.2. The first kappa shape index (κ1) is 38.8. The molecule has 0 bridgehead atoms. The van der Waals surface area contributed by atoms with Crippen molar-refractivity contribution in [1.82, 2.24) is 0 Å². The Balaban J connectivity index is 1.73. The van der Waals surface area contributed by atoms with Gasteiger partial charge in [0, 0.05) is 34.6 Å². The van der Waals surface area contributed by atoms with Crippen molar-refractivity contribution in [2.75, 3.05) is 0 Å². The highest BCUT2D eigenvalue weighted by atomic mass is 127. The van der Waals surface area contributed by atoms with Gasteiger partial charge in [-0.3, -0.25) is 4.55 Å². The molecular formula is C27H10I8O9S. The van der Waals surface area contributed by atoms with Crippen molar-refractivity contribution in [3.05, 3.63) is 99.8 Å². The Kier molecular flexibility index (Phi) is 14.1. The van der Waals surface area contributed by atoms with E-state index in [1.165, 1.54) is 30.3 Å². The van der Waals surface area contributed by atoms with Gasteiger partial charge in [0.2, 0.25) is 0 Å². The van der Waals surface area contributed by atoms with Crippen molar-refractivity contribution < 1.29 is 41.6 Å². The second-order valence-electron chi connectivity index (χ2n) is 8.54. The smallest absolute Gasteiger partial charge is 0.345 e. The van der Waals surface area contributed by atoms with Gasteiger partial charge in [-0.2, -0.15) is 8.42 Å². The molecule has 0 unspecified atom stereocenters. The Morgan fingerprint density at radius 2 is 0.822 bits per heavy atom. The maximum absolute atomic E-state index is 13.3. The molecule has 0 heterocycles. The van der Waals surface area contributed by atoms with Crippen LogP contribution >= 0.6 is 181 Å². The minimum Gasteiger partial charge on any atom is -0.423 e. The molecule has 234 valence electrons. The highest BCUT2D eigenvalue weighted by molar-refractivity contribution is 14.1. The van der Waals surface area contributed by atoms with E-state index >= 15 is 0 Å². The Bertz CT molecular complexity index is 1860. The van der Waals surface area contributed by atoms with Crippen LogP contribution < -0.4 is 14.2 Å². The molecule has 0 aromatic heterocycles. The second-order valence-corrected chi connectivity index (χ2v) is 19.4. The van der Waals surface area contributed by atoms with Gasteiger partial charge < -0.3 is 14.2 Å². The second kappa shape index (κ2) is 16.4. The number of halogens is 8. The molecule has 0 atom stereocenters. The van der Waals surface area contributed by atoms with Gasteiger partial charge >= 0.3 is 17.9 Å². The fraction of sp³-hybridized carbons (Fsp3) is 0. The Labute approximate surface area is 365 Å². The van der Waals surface area contributed by atoms with E-state index in [2.05, 4.69) is 45.2 Å². The molecule has 0 aliphatic rings. The topological polar surface area (TPSA) is 133 Å². The summed E-state index contributed by atoms with van der Waals surface area (Å²) in [5, 5.41) is 0. The summed E-state index contributed by atoms with van der Waals surface area (Å²) >= 11 is 15.9. The Hall–Kier alpha value is 1.04. The molecule has 9 nitrogen and oxygen atoms in total. The summed E-state index contributed by atoms with van der Waals surface area (Å²) in [6.45, 7) is 0. The maximum atomic E-state index is 13.3. The van der Waals surface area contributed by atoms with E-state index in [1.807, 2.05) is 115 Å². The van der Waals surface area contributed by atoms with Gasteiger partial charge in [0.25, 0.3) is 10.1 Å². The van der Waals surface area contributed by atoms with Gasteiger partial charge in [-0.15, -0.1) is 0 Å². The first-order chi connectivity index (χ1) is 20.9. The number of hydrogen-bond donors (Lipinski definition) is 1. The van der Waals surface area contributed by atoms with E-state index in [0.29, 0.717) is 25.4 Å². The van der Waals surface area contributed by atoms with Crippen LogP contribution in [0.2, 0.25) is 0 Å². The Morgan fingerprint density at radius 1 is 0.489 bits per heavy atom. The van der Waals surface area contributed by atoms with Crippen LogP contribution in [0.25, 0.3) is 0 Å². The van der Waals surface area contributed by atoms with Crippen LogP contribution in [-0.4, -0.2) is 30.9 Å². The normalized spacial score (nSPS) is 11.2. The molecule has 0 amide bonds. The summed E-state index contributed by atoms with van der Waals surface area (Å²) in [4.78, 5) is 39.6. The number of benzene rings is 4. The third-order valence-corrected chi connectivity index (χ3v) is 13.4. The predicted octanol–water partition coefficient (Wildman–Crippen LogP) is 9.43. The first-order valence-electron chi connectivity index (χ1n) is 11.5. The highest BCUT2D eigenvalue weighted by Crippen LogP contribution is 2.32. The summed E-state index contributed by atoms with van der Waals surface area (Å²) in [5.41, 5.74) is 0.536. The van der Waals surface area contributed by atoms with Crippen LogP contribution in [0.4, 0.5) is 0 Å². The lowest BCUT2D eigenvalue weighted by Gasteiger charge is -2.13. The van der Waals surface area contributed by atoms with Gasteiger partial charge in [0.1, 0.15) is 22.1 Å². The van der Waals surface area contributed by atoms with E-state index in [9.17, 15) is 27.4 Å². The number of carbonyl (C=O) groups excluding carboxylic acids is 3. The molecule has 0 radical (unpaired) electrons. The summed E-state index contributed by atoms with van der Waals surface area (Å²) in [6, 6.07) is 13.7. The van der Waals surface area contributed by atoms with Crippen molar-refractivity contribution in [2.45, 2.75) is 4.90 Å². The van der Waals surface area contributed by atoms with E-state index in [0.717, 1.165) is 7.14 Å². The van der Waals surface area contributed by atoms with E-state index in [1.54, 1.807) is 45.2 Å². The molecule has 0 saturated carbocycles. The molecule has 45 heavy (non-hydrogen) atoms. The minimum absolute atomic E-state index is 0.00636. The minimum atomic E-state index is -4.51. The average Bonchev–Trinajstić information content (AvgIpc) is 2.86. The highest BCUT2D eigenvalue weighted by Gasteiger charge is 2.24. The van der Waals surface area contributed by atoms with E-state index in [4.69, 9.17) is 14.2 Å². The zero-order valence-electron chi connectivity index (χ0n) is 21.3. The third kappa shape index (κ3) is 10.1. The average molecular weight is 1530 g/mol. The number of esters is 3. The van der Waals surface area contributed by atoms with Crippen molar-refractivity contribution in [1.29, 1.82) is 0 Å². The number of ether oxygens (including phenoxy) is 3. The van der Waals surface area contributed by atoms with Gasteiger partial charge in [0.05, 0.1) is 16.7 Å². The summed E-state index contributed by atoms with van der Waals surface area (Å²) in [7, 11) is -4.51. The molecule has 0 aliphatic carbocycles. The van der Waals surface area contributed by atoms with Crippen molar-refractivity contribution in [2.24, 2.45) is 0 Å². The quantitative estimate of drug-likeness (QED) is 0.0832. The lowest BCUT2D eigenvalue weighted by molar-refractivity contribution is 0.0703. The van der Waals surface area contributed by atoms with Crippen LogP contribution in [0, 0.1) is 28.6 Å². The van der Waals surface area contributed by atoms with Crippen LogP contribution in [-0.2, 0) is 10.1 Å². The van der Waals surface area contributed by atoms with Crippen molar-refractivity contribution in [3.8, 4) is 17.2 Å². The van der Waals surface area contributed by atoms with E-state index in [-0.39, 0.29) is 34.8 Å². The SMILES string of the molecule is O=C(Oc1cc(I)c(S(=O)(=O)O)c(I)c1)c1cc(OC(=O)c2c(I)cc(I)cc2I)cc(OC(=O)c2c(I)cc(I)cc2I)c1. The lowest BCUT2D eigenvalue weighted by Crippen LogP contribution is -2.16. The van der Waals surface area contributed by atoms with Gasteiger partial charge in [-0.05, 0) is 229 Å². The maximum Gasteiger partial charge on any atom is 0.345 e. The fourth-order valence-electron chi connectivity index (χ4n) is 3.61. The van der Waals surface area contributed by atoms with Gasteiger partial charge in [-0.1, -0.05) is 0 Å². The molecule has 4 rings (SSSR count). The number of rotatable bonds is 7. The molecule has 1 N–H and O–H groups in total. The van der Waals surface area contributed by atoms with Crippen LogP contribution in [0.1, 0.15) is 31.1 Å². The van der Waals surface area contributed by atoms with Crippen LogP contribution in [0.3, 0.4) is 0 Å². The standard InChI is InChI=1S/C27H10I8O9S/c28-11-3-16(30)22(17(31)4-11)26(37)43-13-1-10(25(36)42-15-8-20(34)24(21(35)9-15)45(39,40)41)2-14(7-13)44-27(38)23-18(32)5-12(29)6-19(23)33/h1-9H,(H,39,40,41). The molecule has 18 heteroatoms. The summed E-state index contributed by atoms with van der Waals surface area (Å²) in [6.07, 6.45) is 0. The molecule has 0 fully saturated rings. The largest absolute Gasteiger partial charge is 0.423 e. The zero-order chi connectivity index (χ0) is 33.4. The fourth-order valence-corrected chi connectivity index (χ4v) is 15.6. The molecule has 0 aliphatic heterocycles. The first-order valence-corrected chi connectivity index (χ1v) is 21.6. The third-order valence-electron chi connectivity index (χ3n) is 5.40. The van der Waals surface area contributed by atoms with Crippen LogP contribution in [0.5, 0.6) is 17.2 Å². The monoisotopic (exact) mass is 1530 g/mol. The predicted molar refractivity (Wildman–Crippen MR) is 232 cm³/mol. The molecule has 0 saturated heterocycles. The number of carbonyl (C=O) groups is 3. The van der Waals surface area contributed by atoms with E-state index < -0.39 is 28.0 Å². The van der Waals surface area contributed by atoms with Crippen molar-refractivity contribution in [3.63, 3.8) is 0 Å². The zero-order valence-corrected chi connectivity index (χ0v) is 39.4. The van der Waals surface area contributed by atoms with Crippen LogP contribution in [0.15, 0.2) is 59.5 Å². The summed E-state index contributed by atoms with van der Waals surface area (Å²) < 4.78 is 54.7.